The van der Waals surface area contributed by atoms with Gasteiger partial charge >= 0.3 is 6.03 Å². The summed E-state index contributed by atoms with van der Waals surface area (Å²) in [6.07, 6.45) is 0. The fourth-order valence-electron chi connectivity index (χ4n) is 1.99. The highest BCUT2D eigenvalue weighted by Crippen LogP contribution is 2.22. The second-order valence-corrected chi connectivity index (χ2v) is 5.78. The number of carbonyl (C=O) groups excluding carboxylic acids is 2. The lowest BCUT2D eigenvalue weighted by molar-refractivity contribution is 0.0945. The van der Waals surface area contributed by atoms with E-state index in [0.29, 0.717) is 5.02 Å². The zero-order chi connectivity index (χ0) is 18.4. The van der Waals surface area contributed by atoms with Crippen molar-refractivity contribution in [2.45, 2.75) is 0 Å². The molecule has 6 nitrogen and oxygen atoms in total. The van der Waals surface area contributed by atoms with E-state index in [2.05, 4.69) is 16.0 Å². The molecule has 2 aromatic rings. The van der Waals surface area contributed by atoms with Gasteiger partial charge in [-0.15, -0.1) is 0 Å². The first-order valence-electron chi connectivity index (χ1n) is 7.12. The maximum absolute atomic E-state index is 13.3. The van der Waals surface area contributed by atoms with Gasteiger partial charge in [-0.3, -0.25) is 4.79 Å². The number of amides is 3. The molecule has 25 heavy (non-hydrogen) atoms. The number of urea groups is 1. The Labute approximate surface area is 152 Å². The van der Waals surface area contributed by atoms with Crippen molar-refractivity contribution in [3.63, 3.8) is 0 Å². The van der Waals surface area contributed by atoms with Crippen molar-refractivity contribution in [2.75, 3.05) is 23.8 Å². The van der Waals surface area contributed by atoms with E-state index in [4.69, 9.17) is 28.3 Å². The van der Waals surface area contributed by atoms with E-state index < -0.39 is 17.8 Å². The second-order valence-electron chi connectivity index (χ2n) is 4.91. The molecular formula is C16H14Cl2FN3O3. The smallest absolute Gasteiger partial charge is 0.323 e. The molecule has 3 amide bonds. The largest absolute Gasteiger partial charge is 0.395 e. The third-order valence-electron chi connectivity index (χ3n) is 2.99. The minimum atomic E-state index is -0.708. The van der Waals surface area contributed by atoms with Gasteiger partial charge in [0.15, 0.2) is 0 Å². The van der Waals surface area contributed by atoms with Crippen LogP contribution in [0.3, 0.4) is 0 Å². The molecule has 2 rings (SSSR count). The number of benzene rings is 2. The van der Waals surface area contributed by atoms with E-state index >= 15 is 0 Å². The molecule has 0 aliphatic carbocycles. The third kappa shape index (κ3) is 5.60. The number of carbonyl (C=O) groups is 2. The lowest BCUT2D eigenvalue weighted by atomic mass is 10.1. The highest BCUT2D eigenvalue weighted by atomic mass is 35.5. The van der Waals surface area contributed by atoms with Crippen molar-refractivity contribution in [1.29, 1.82) is 0 Å². The number of rotatable bonds is 5. The van der Waals surface area contributed by atoms with Crippen LogP contribution in [0.4, 0.5) is 20.6 Å². The van der Waals surface area contributed by atoms with Crippen LogP contribution < -0.4 is 16.0 Å². The van der Waals surface area contributed by atoms with Crippen molar-refractivity contribution >= 4 is 46.5 Å². The van der Waals surface area contributed by atoms with Crippen LogP contribution in [0.25, 0.3) is 0 Å². The van der Waals surface area contributed by atoms with Crippen LogP contribution in [-0.2, 0) is 0 Å². The molecule has 4 N–H and O–H groups in total. The van der Waals surface area contributed by atoms with Crippen LogP contribution in [0.15, 0.2) is 36.4 Å². The molecule has 0 saturated heterocycles. The van der Waals surface area contributed by atoms with Gasteiger partial charge in [-0.1, -0.05) is 23.2 Å². The fraction of sp³-hybridized carbons (Fsp3) is 0.125. The van der Waals surface area contributed by atoms with Gasteiger partial charge in [0.25, 0.3) is 5.91 Å². The van der Waals surface area contributed by atoms with Gasteiger partial charge in [0, 0.05) is 22.3 Å². The van der Waals surface area contributed by atoms with E-state index in [1.54, 1.807) is 0 Å². The molecule has 0 fully saturated rings. The van der Waals surface area contributed by atoms with Crippen molar-refractivity contribution < 1.29 is 19.1 Å². The van der Waals surface area contributed by atoms with Crippen LogP contribution >= 0.6 is 23.2 Å². The van der Waals surface area contributed by atoms with Crippen LogP contribution in [0, 0.1) is 5.82 Å². The molecule has 0 saturated carbocycles. The highest BCUT2D eigenvalue weighted by molar-refractivity contribution is 6.31. The Kier molecular flexibility index (Phi) is 6.58. The van der Waals surface area contributed by atoms with Gasteiger partial charge in [-0.25, -0.2) is 9.18 Å². The quantitative estimate of drug-likeness (QED) is 0.634. The summed E-state index contributed by atoms with van der Waals surface area (Å²) in [4.78, 5) is 24.2. The van der Waals surface area contributed by atoms with Crippen LogP contribution in [0.2, 0.25) is 10.0 Å². The van der Waals surface area contributed by atoms with E-state index in [9.17, 15) is 14.0 Å². The Morgan fingerprint density at radius 1 is 1.04 bits per heavy atom. The van der Waals surface area contributed by atoms with Crippen LogP contribution in [0.5, 0.6) is 0 Å². The average molecular weight is 386 g/mol. The molecule has 2 aromatic carbocycles. The maximum atomic E-state index is 13.3. The molecule has 0 bridgehead atoms. The number of halogens is 3. The van der Waals surface area contributed by atoms with E-state index in [1.165, 1.54) is 24.3 Å². The monoisotopic (exact) mass is 385 g/mol. The topological polar surface area (TPSA) is 90.5 Å². The Hall–Kier alpha value is -2.35. The summed E-state index contributed by atoms with van der Waals surface area (Å²) in [5.74, 6) is -1.09. The summed E-state index contributed by atoms with van der Waals surface area (Å²) in [5.41, 5.74) is 0.462. The zero-order valence-corrected chi connectivity index (χ0v) is 14.3. The van der Waals surface area contributed by atoms with Crippen molar-refractivity contribution in [1.82, 2.24) is 5.32 Å². The third-order valence-corrected chi connectivity index (χ3v) is 3.45. The molecule has 0 aliphatic heterocycles. The lowest BCUT2D eigenvalue weighted by Gasteiger charge is -2.13. The standard InChI is InChI=1S/C16H14Cl2FN3O3/c17-9-1-2-13(15(24)20-3-4-23)14(7-9)22-16(25)21-12-6-10(18)5-11(19)8-12/h1-2,5-8,23H,3-4H2,(H,20,24)(H2,21,22,25). The fourth-order valence-corrected chi connectivity index (χ4v) is 2.39. The normalized spacial score (nSPS) is 10.2. The number of hydrogen-bond acceptors (Lipinski definition) is 3. The SMILES string of the molecule is O=C(Nc1cc(F)cc(Cl)c1)Nc1cc(Cl)ccc1C(=O)NCCO. The predicted molar refractivity (Wildman–Crippen MR) is 94.9 cm³/mol. The van der Waals surface area contributed by atoms with Crippen molar-refractivity contribution in [3.8, 4) is 0 Å². The summed E-state index contributed by atoms with van der Waals surface area (Å²) in [7, 11) is 0. The molecule has 0 aromatic heterocycles. The van der Waals surface area contributed by atoms with Crippen molar-refractivity contribution in [3.05, 3.63) is 57.8 Å². The molecule has 0 heterocycles. The Balaban J connectivity index is 2.16. The van der Waals surface area contributed by atoms with Gasteiger partial charge in [0.2, 0.25) is 0 Å². The van der Waals surface area contributed by atoms with Crippen molar-refractivity contribution in [2.24, 2.45) is 0 Å². The van der Waals surface area contributed by atoms with Crippen LogP contribution in [0.1, 0.15) is 10.4 Å². The minimum Gasteiger partial charge on any atom is -0.395 e. The van der Waals surface area contributed by atoms with Gasteiger partial charge in [-0.05, 0) is 36.4 Å². The average Bonchev–Trinajstić information content (AvgIpc) is 2.51. The summed E-state index contributed by atoms with van der Waals surface area (Å²) in [6.45, 7) is -0.155. The number of aliphatic hydroxyl groups is 1. The maximum Gasteiger partial charge on any atom is 0.323 e. The molecule has 0 unspecified atom stereocenters. The summed E-state index contributed by atoms with van der Waals surface area (Å²) < 4.78 is 13.3. The summed E-state index contributed by atoms with van der Waals surface area (Å²) in [5, 5.41) is 16.6. The first-order chi connectivity index (χ1) is 11.9. The number of aliphatic hydroxyl groups excluding tert-OH is 1. The minimum absolute atomic E-state index is 0.0644. The first-order valence-corrected chi connectivity index (χ1v) is 7.87. The zero-order valence-electron chi connectivity index (χ0n) is 12.8. The predicted octanol–water partition coefficient (Wildman–Crippen LogP) is 3.50. The summed E-state index contributed by atoms with van der Waals surface area (Å²) >= 11 is 11.6. The van der Waals surface area contributed by atoms with E-state index in [0.717, 1.165) is 12.1 Å². The van der Waals surface area contributed by atoms with Gasteiger partial charge in [-0.2, -0.15) is 0 Å². The molecule has 9 heteroatoms. The molecule has 0 spiro atoms. The Bertz CT molecular complexity index is 782. The summed E-state index contributed by atoms with van der Waals surface area (Å²) in [6, 6.07) is 7.18. The lowest BCUT2D eigenvalue weighted by Crippen LogP contribution is -2.28. The number of nitrogens with one attached hydrogen (secondary N) is 3. The highest BCUT2D eigenvalue weighted by Gasteiger charge is 2.14. The number of hydrogen-bond donors (Lipinski definition) is 4. The molecule has 0 atom stereocenters. The molecule has 0 aliphatic rings. The number of anilines is 2. The molecular weight excluding hydrogens is 372 g/mol. The second kappa shape index (κ2) is 8.66. The van der Waals surface area contributed by atoms with Gasteiger partial charge < -0.3 is 21.1 Å². The van der Waals surface area contributed by atoms with Gasteiger partial charge in [0.1, 0.15) is 5.82 Å². The Morgan fingerprint density at radius 3 is 2.48 bits per heavy atom. The molecule has 132 valence electrons. The van der Waals surface area contributed by atoms with Crippen LogP contribution in [-0.4, -0.2) is 30.2 Å². The van der Waals surface area contributed by atoms with E-state index in [1.807, 2.05) is 0 Å². The Morgan fingerprint density at radius 2 is 1.80 bits per heavy atom. The van der Waals surface area contributed by atoms with Gasteiger partial charge in [0.05, 0.1) is 17.9 Å². The van der Waals surface area contributed by atoms with E-state index in [-0.39, 0.29) is 35.1 Å². The first kappa shape index (κ1) is 19.0. The molecule has 0 radical (unpaired) electrons.